The third-order valence-electron chi connectivity index (χ3n) is 1.47. The molecule has 0 aliphatic carbocycles. The van der Waals surface area contributed by atoms with Crippen LogP contribution in [0.2, 0.25) is 0 Å². The average Bonchev–Trinajstić information content (AvgIpc) is 2.14. The lowest BCUT2D eigenvalue weighted by Gasteiger charge is -2.19. The smallest absolute Gasteiger partial charge is 0.407 e. The lowest BCUT2D eigenvalue weighted by atomic mass is 10.1. The SMILES string of the molecule is CC(C)(C)NC(=O)OCCCNC(=O)CCl. The highest BCUT2D eigenvalue weighted by molar-refractivity contribution is 6.27. The van der Waals surface area contributed by atoms with Gasteiger partial charge in [0.2, 0.25) is 5.91 Å². The van der Waals surface area contributed by atoms with Crippen molar-refractivity contribution in [2.45, 2.75) is 32.7 Å². The fraction of sp³-hybridized carbons (Fsp3) is 0.800. The molecule has 0 unspecified atom stereocenters. The van der Waals surface area contributed by atoms with Crippen molar-refractivity contribution in [3.05, 3.63) is 0 Å². The molecule has 0 radical (unpaired) electrons. The molecule has 0 saturated carbocycles. The Balaban J connectivity index is 3.45. The zero-order chi connectivity index (χ0) is 12.6. The number of carbonyl (C=O) groups excluding carboxylic acids is 2. The van der Waals surface area contributed by atoms with Gasteiger partial charge in [0.1, 0.15) is 5.88 Å². The fourth-order valence-electron chi connectivity index (χ4n) is 0.854. The summed E-state index contributed by atoms with van der Waals surface area (Å²) in [5, 5.41) is 5.23. The number of halogens is 1. The number of hydrogen-bond acceptors (Lipinski definition) is 3. The molecule has 94 valence electrons. The molecule has 0 atom stereocenters. The van der Waals surface area contributed by atoms with Gasteiger partial charge in [0, 0.05) is 12.1 Å². The Morgan fingerprint density at radius 3 is 2.44 bits per heavy atom. The monoisotopic (exact) mass is 250 g/mol. The summed E-state index contributed by atoms with van der Waals surface area (Å²) in [4.78, 5) is 21.9. The van der Waals surface area contributed by atoms with Crippen molar-refractivity contribution in [2.75, 3.05) is 19.0 Å². The van der Waals surface area contributed by atoms with E-state index in [0.717, 1.165) is 0 Å². The number of alkyl halides is 1. The van der Waals surface area contributed by atoms with Crippen LogP contribution in [-0.2, 0) is 9.53 Å². The Kier molecular flexibility index (Phi) is 6.88. The Bertz CT molecular complexity index is 239. The van der Waals surface area contributed by atoms with Gasteiger partial charge in [-0.3, -0.25) is 4.79 Å². The van der Waals surface area contributed by atoms with E-state index in [4.69, 9.17) is 16.3 Å². The van der Waals surface area contributed by atoms with Gasteiger partial charge in [-0.25, -0.2) is 4.79 Å². The fourth-order valence-corrected chi connectivity index (χ4v) is 0.949. The molecule has 0 saturated heterocycles. The van der Waals surface area contributed by atoms with Gasteiger partial charge in [0.05, 0.1) is 6.61 Å². The number of rotatable bonds is 5. The first-order valence-corrected chi connectivity index (χ1v) is 5.66. The summed E-state index contributed by atoms with van der Waals surface area (Å²) >= 11 is 5.28. The van der Waals surface area contributed by atoms with E-state index in [1.54, 1.807) is 0 Å². The average molecular weight is 251 g/mol. The van der Waals surface area contributed by atoms with Crippen LogP contribution in [0.3, 0.4) is 0 Å². The minimum absolute atomic E-state index is 0.0502. The summed E-state index contributed by atoms with van der Waals surface area (Å²) in [7, 11) is 0. The van der Waals surface area contributed by atoms with Crippen LogP contribution in [0.15, 0.2) is 0 Å². The molecular weight excluding hydrogens is 232 g/mol. The molecule has 0 fully saturated rings. The summed E-state index contributed by atoms with van der Waals surface area (Å²) in [6, 6.07) is 0. The highest BCUT2D eigenvalue weighted by Crippen LogP contribution is 1.98. The first-order chi connectivity index (χ1) is 7.35. The first-order valence-electron chi connectivity index (χ1n) is 5.13. The van der Waals surface area contributed by atoms with E-state index in [2.05, 4.69) is 10.6 Å². The third kappa shape index (κ3) is 9.58. The van der Waals surface area contributed by atoms with E-state index >= 15 is 0 Å². The molecule has 0 rings (SSSR count). The molecule has 2 N–H and O–H groups in total. The van der Waals surface area contributed by atoms with Crippen molar-refractivity contribution in [1.82, 2.24) is 10.6 Å². The number of nitrogens with one attached hydrogen (secondary N) is 2. The molecule has 0 aliphatic heterocycles. The van der Waals surface area contributed by atoms with Crippen LogP contribution in [0, 0.1) is 0 Å². The number of amides is 2. The van der Waals surface area contributed by atoms with Gasteiger partial charge in [-0.05, 0) is 27.2 Å². The molecular formula is C10H19ClN2O3. The zero-order valence-electron chi connectivity index (χ0n) is 9.93. The lowest BCUT2D eigenvalue weighted by Crippen LogP contribution is -2.41. The van der Waals surface area contributed by atoms with Crippen LogP contribution in [0.5, 0.6) is 0 Å². The maximum absolute atomic E-state index is 11.2. The van der Waals surface area contributed by atoms with Crippen LogP contribution < -0.4 is 10.6 Å². The van der Waals surface area contributed by atoms with Gasteiger partial charge in [-0.2, -0.15) is 0 Å². The minimum atomic E-state index is -0.448. The molecule has 0 spiro atoms. The van der Waals surface area contributed by atoms with Gasteiger partial charge < -0.3 is 15.4 Å². The van der Waals surface area contributed by atoms with E-state index in [0.29, 0.717) is 13.0 Å². The van der Waals surface area contributed by atoms with Crippen molar-refractivity contribution in [1.29, 1.82) is 0 Å². The Morgan fingerprint density at radius 1 is 1.31 bits per heavy atom. The van der Waals surface area contributed by atoms with Gasteiger partial charge in [0.15, 0.2) is 0 Å². The van der Waals surface area contributed by atoms with E-state index in [1.165, 1.54) is 0 Å². The molecule has 0 aromatic heterocycles. The second-order valence-electron chi connectivity index (χ2n) is 4.35. The van der Waals surface area contributed by atoms with Crippen molar-refractivity contribution < 1.29 is 14.3 Å². The molecule has 5 nitrogen and oxygen atoms in total. The topological polar surface area (TPSA) is 67.4 Å². The predicted molar refractivity (Wildman–Crippen MR) is 62.6 cm³/mol. The van der Waals surface area contributed by atoms with Gasteiger partial charge in [0.25, 0.3) is 0 Å². The summed E-state index contributed by atoms with van der Waals surface area (Å²) < 4.78 is 4.90. The predicted octanol–water partition coefficient (Wildman–Crippen LogP) is 1.26. The zero-order valence-corrected chi connectivity index (χ0v) is 10.7. The molecule has 16 heavy (non-hydrogen) atoms. The van der Waals surface area contributed by atoms with Crippen LogP contribution in [-0.4, -0.2) is 36.6 Å². The van der Waals surface area contributed by atoms with E-state index < -0.39 is 6.09 Å². The second kappa shape index (κ2) is 7.33. The molecule has 0 aromatic carbocycles. The highest BCUT2D eigenvalue weighted by atomic mass is 35.5. The standard InChI is InChI=1S/C10H19ClN2O3/c1-10(2,3)13-9(15)16-6-4-5-12-8(14)7-11/h4-7H2,1-3H3,(H,12,14)(H,13,15). The maximum atomic E-state index is 11.2. The van der Waals surface area contributed by atoms with Crippen LogP contribution in [0.1, 0.15) is 27.2 Å². The van der Waals surface area contributed by atoms with Crippen molar-refractivity contribution in [3.8, 4) is 0 Å². The molecule has 0 bridgehead atoms. The number of alkyl carbamates (subject to hydrolysis) is 1. The lowest BCUT2D eigenvalue weighted by molar-refractivity contribution is -0.118. The highest BCUT2D eigenvalue weighted by Gasteiger charge is 2.13. The number of hydrogen-bond donors (Lipinski definition) is 2. The van der Waals surface area contributed by atoms with Crippen LogP contribution in [0.4, 0.5) is 4.79 Å². The summed E-state index contributed by atoms with van der Waals surface area (Å²) in [5.41, 5.74) is -0.302. The van der Waals surface area contributed by atoms with Crippen LogP contribution in [0.25, 0.3) is 0 Å². The molecule has 0 heterocycles. The van der Waals surface area contributed by atoms with Crippen molar-refractivity contribution in [3.63, 3.8) is 0 Å². The minimum Gasteiger partial charge on any atom is -0.449 e. The third-order valence-corrected chi connectivity index (χ3v) is 1.72. The van der Waals surface area contributed by atoms with Gasteiger partial charge >= 0.3 is 6.09 Å². The Hall–Kier alpha value is -0.970. The molecule has 2 amide bonds. The van der Waals surface area contributed by atoms with Crippen molar-refractivity contribution in [2.24, 2.45) is 0 Å². The largest absolute Gasteiger partial charge is 0.449 e. The van der Waals surface area contributed by atoms with E-state index in [1.807, 2.05) is 20.8 Å². The number of ether oxygens (including phenoxy) is 1. The van der Waals surface area contributed by atoms with Crippen molar-refractivity contribution >= 4 is 23.6 Å². The van der Waals surface area contributed by atoms with Crippen LogP contribution >= 0.6 is 11.6 Å². The summed E-state index contributed by atoms with van der Waals surface area (Å²) in [5.74, 6) is -0.272. The maximum Gasteiger partial charge on any atom is 0.407 e. The quantitative estimate of drug-likeness (QED) is 0.570. The Morgan fingerprint density at radius 2 is 1.94 bits per heavy atom. The van der Waals surface area contributed by atoms with E-state index in [-0.39, 0.29) is 23.9 Å². The van der Waals surface area contributed by atoms with E-state index in [9.17, 15) is 9.59 Å². The Labute approximate surface area is 101 Å². The van der Waals surface area contributed by atoms with Gasteiger partial charge in [-0.15, -0.1) is 11.6 Å². The summed E-state index contributed by atoms with van der Waals surface area (Å²) in [6.45, 7) is 6.33. The normalized spacial score (nSPS) is 10.8. The summed E-state index contributed by atoms with van der Waals surface area (Å²) in [6.07, 6.45) is 0.122. The second-order valence-corrected chi connectivity index (χ2v) is 4.62. The molecule has 0 aliphatic rings. The molecule has 0 aromatic rings. The first kappa shape index (κ1) is 15.0. The van der Waals surface area contributed by atoms with Gasteiger partial charge in [-0.1, -0.05) is 0 Å². The number of carbonyl (C=O) groups is 2. The molecule has 6 heteroatoms.